The Labute approximate surface area is 215 Å². The first-order valence-corrected chi connectivity index (χ1v) is 13.9. The van der Waals surface area contributed by atoms with Gasteiger partial charge in [0, 0.05) is 37.8 Å². The molecule has 0 aromatic heterocycles. The van der Waals surface area contributed by atoms with Gasteiger partial charge < -0.3 is 5.32 Å². The van der Waals surface area contributed by atoms with Gasteiger partial charge in [-0.05, 0) is 48.0 Å². The molecule has 0 saturated carbocycles. The van der Waals surface area contributed by atoms with Gasteiger partial charge in [-0.15, -0.1) is 0 Å². The lowest BCUT2D eigenvalue weighted by Gasteiger charge is -2.22. The number of amides is 1. The molecule has 3 aromatic rings. The summed E-state index contributed by atoms with van der Waals surface area (Å²) in [4.78, 5) is 12.7. The highest BCUT2D eigenvalue weighted by atomic mass is 35.5. The number of rotatable bonds is 10. The van der Waals surface area contributed by atoms with Gasteiger partial charge in [0.25, 0.3) is 0 Å². The van der Waals surface area contributed by atoms with Gasteiger partial charge in [0.1, 0.15) is 5.82 Å². The van der Waals surface area contributed by atoms with Crippen LogP contribution in [-0.2, 0) is 37.9 Å². The Hall–Kier alpha value is -2.83. The van der Waals surface area contributed by atoms with E-state index in [4.69, 9.17) is 11.6 Å². The molecule has 0 bridgehead atoms. The molecule has 0 aliphatic rings. The van der Waals surface area contributed by atoms with Gasteiger partial charge in [0.05, 0.1) is 16.3 Å². The number of halogens is 2. The first-order valence-electron chi connectivity index (χ1n) is 10.7. The first kappa shape index (κ1) is 27.8. The predicted octanol–water partition coefficient (Wildman–Crippen LogP) is 3.24. The van der Waals surface area contributed by atoms with Crippen LogP contribution in [0.25, 0.3) is 0 Å². The molecule has 1 N–H and O–H groups in total. The van der Waals surface area contributed by atoms with Gasteiger partial charge in [0.2, 0.25) is 26.0 Å². The maximum atomic E-state index is 14.3. The molecule has 0 aliphatic carbocycles. The van der Waals surface area contributed by atoms with Gasteiger partial charge in [-0.3, -0.25) is 4.79 Å². The number of carbonyl (C=O) groups is 1. The molecule has 36 heavy (non-hydrogen) atoms. The van der Waals surface area contributed by atoms with Gasteiger partial charge in [-0.1, -0.05) is 41.9 Å². The summed E-state index contributed by atoms with van der Waals surface area (Å²) < 4.78 is 67.2. The van der Waals surface area contributed by atoms with Gasteiger partial charge in [0.15, 0.2) is 0 Å². The van der Waals surface area contributed by atoms with Crippen LogP contribution in [0.2, 0.25) is 5.02 Å². The zero-order chi connectivity index (χ0) is 26.5. The van der Waals surface area contributed by atoms with E-state index >= 15 is 0 Å². The molecule has 0 aliphatic heterocycles. The molecular weight excluding hydrogens is 529 g/mol. The lowest BCUT2D eigenvalue weighted by Crippen LogP contribution is -2.40. The van der Waals surface area contributed by atoms with Crippen LogP contribution < -0.4 is 5.32 Å². The highest BCUT2D eigenvalue weighted by molar-refractivity contribution is 7.89. The van der Waals surface area contributed by atoms with E-state index in [1.54, 1.807) is 18.2 Å². The summed E-state index contributed by atoms with van der Waals surface area (Å²) in [6.07, 6.45) is 0. The van der Waals surface area contributed by atoms with Crippen molar-refractivity contribution in [2.75, 3.05) is 20.6 Å². The maximum absolute atomic E-state index is 14.3. The summed E-state index contributed by atoms with van der Waals surface area (Å²) in [6.45, 7) is -0.885. The third-order valence-corrected chi connectivity index (χ3v) is 9.15. The normalized spacial score (nSPS) is 12.2. The highest BCUT2D eigenvalue weighted by Crippen LogP contribution is 2.21. The second kappa shape index (κ2) is 11.5. The van der Waals surface area contributed by atoms with Crippen LogP contribution in [-0.4, -0.2) is 52.0 Å². The summed E-state index contributed by atoms with van der Waals surface area (Å²) in [5.74, 6) is -1.21. The minimum atomic E-state index is -4.17. The first-order chi connectivity index (χ1) is 16.9. The lowest BCUT2D eigenvalue weighted by molar-refractivity contribution is -0.121. The van der Waals surface area contributed by atoms with Crippen LogP contribution in [0, 0.1) is 5.82 Å². The summed E-state index contributed by atoms with van der Waals surface area (Å²) in [5, 5.41) is 2.97. The second-order valence-electron chi connectivity index (χ2n) is 8.03. The molecule has 0 spiro atoms. The van der Waals surface area contributed by atoms with Crippen LogP contribution in [0.15, 0.2) is 82.6 Å². The van der Waals surface area contributed by atoms with E-state index in [9.17, 15) is 26.0 Å². The SMILES string of the molecule is CN(C)S(=O)(=O)c1ccc(CNC(=O)CN(Cc2ccccc2F)S(=O)(=O)c2ccc(Cl)cc2)cc1. The minimum absolute atomic E-state index is 0.0374. The Bertz CT molecular complexity index is 1430. The number of carbonyl (C=O) groups excluding carboxylic acids is 1. The van der Waals surface area contributed by atoms with Crippen LogP contribution in [0.4, 0.5) is 4.39 Å². The van der Waals surface area contributed by atoms with E-state index in [0.29, 0.717) is 10.6 Å². The fourth-order valence-electron chi connectivity index (χ4n) is 3.20. The van der Waals surface area contributed by atoms with E-state index in [1.165, 1.54) is 68.7 Å². The molecule has 0 atom stereocenters. The van der Waals surface area contributed by atoms with Crippen molar-refractivity contribution in [3.8, 4) is 0 Å². The van der Waals surface area contributed by atoms with E-state index in [2.05, 4.69) is 5.32 Å². The van der Waals surface area contributed by atoms with Crippen molar-refractivity contribution in [1.82, 2.24) is 13.9 Å². The number of nitrogens with one attached hydrogen (secondary N) is 1. The molecule has 0 fully saturated rings. The van der Waals surface area contributed by atoms with Crippen LogP contribution in [0.5, 0.6) is 0 Å². The molecule has 12 heteroatoms. The largest absolute Gasteiger partial charge is 0.351 e. The Balaban J connectivity index is 1.77. The summed E-state index contributed by atoms with van der Waals surface area (Å²) in [5.41, 5.74) is 0.725. The predicted molar refractivity (Wildman–Crippen MR) is 135 cm³/mol. The molecule has 3 rings (SSSR count). The Morgan fingerprint density at radius 1 is 0.861 bits per heavy atom. The summed E-state index contributed by atoms with van der Waals surface area (Å²) in [6, 6.07) is 17.1. The monoisotopic (exact) mass is 553 g/mol. The highest BCUT2D eigenvalue weighted by Gasteiger charge is 2.28. The van der Waals surface area contributed by atoms with Crippen LogP contribution in [0.3, 0.4) is 0 Å². The van der Waals surface area contributed by atoms with E-state index in [1.807, 2.05) is 0 Å². The van der Waals surface area contributed by atoms with E-state index in [-0.39, 0.29) is 28.4 Å². The van der Waals surface area contributed by atoms with Crippen molar-refractivity contribution < 1.29 is 26.0 Å². The number of hydrogen-bond donors (Lipinski definition) is 1. The van der Waals surface area contributed by atoms with Crippen molar-refractivity contribution in [3.05, 3.63) is 94.8 Å². The van der Waals surface area contributed by atoms with Crippen molar-refractivity contribution in [2.24, 2.45) is 0 Å². The van der Waals surface area contributed by atoms with Crippen molar-refractivity contribution in [2.45, 2.75) is 22.9 Å². The Kier molecular flexibility index (Phi) is 8.85. The van der Waals surface area contributed by atoms with Crippen molar-refractivity contribution in [3.63, 3.8) is 0 Å². The average Bonchev–Trinajstić information content (AvgIpc) is 2.84. The molecule has 0 saturated heterocycles. The molecule has 0 radical (unpaired) electrons. The summed E-state index contributed by atoms with van der Waals surface area (Å²) >= 11 is 5.87. The molecule has 0 heterocycles. The fourth-order valence-corrected chi connectivity index (χ4v) is 5.61. The average molecular weight is 554 g/mol. The molecule has 192 valence electrons. The standard InChI is InChI=1S/C24H25ClFN3O5S2/c1-28(2)35(31,32)21-11-7-18(8-12-21)15-27-24(30)17-29(16-19-5-3-4-6-23(19)26)36(33,34)22-13-9-20(25)10-14-22/h3-14H,15-17H2,1-2H3,(H,27,30). The van der Waals surface area contributed by atoms with Crippen molar-refractivity contribution in [1.29, 1.82) is 0 Å². The number of benzene rings is 3. The number of hydrogen-bond acceptors (Lipinski definition) is 5. The Morgan fingerprint density at radius 2 is 1.42 bits per heavy atom. The second-order valence-corrected chi connectivity index (χ2v) is 12.6. The lowest BCUT2D eigenvalue weighted by atomic mass is 10.2. The van der Waals surface area contributed by atoms with Crippen LogP contribution in [0.1, 0.15) is 11.1 Å². The van der Waals surface area contributed by atoms with Gasteiger partial charge in [-0.25, -0.2) is 25.5 Å². The van der Waals surface area contributed by atoms with Gasteiger partial charge >= 0.3 is 0 Å². The molecule has 1 amide bonds. The van der Waals surface area contributed by atoms with Crippen molar-refractivity contribution >= 4 is 37.6 Å². The maximum Gasteiger partial charge on any atom is 0.243 e. The molecule has 8 nitrogen and oxygen atoms in total. The van der Waals surface area contributed by atoms with E-state index in [0.717, 1.165) is 8.61 Å². The minimum Gasteiger partial charge on any atom is -0.351 e. The Morgan fingerprint density at radius 3 is 2.00 bits per heavy atom. The zero-order valence-corrected chi connectivity index (χ0v) is 21.9. The smallest absolute Gasteiger partial charge is 0.243 e. The fraction of sp³-hybridized carbons (Fsp3) is 0.208. The zero-order valence-electron chi connectivity index (χ0n) is 19.6. The van der Waals surface area contributed by atoms with Gasteiger partial charge in [-0.2, -0.15) is 4.31 Å². The summed E-state index contributed by atoms with van der Waals surface area (Å²) in [7, 11) is -4.90. The topological polar surface area (TPSA) is 104 Å². The molecule has 0 unspecified atom stereocenters. The number of sulfonamides is 2. The van der Waals surface area contributed by atoms with E-state index < -0.39 is 38.3 Å². The molecule has 3 aromatic carbocycles. The number of nitrogens with zero attached hydrogens (tertiary/aromatic N) is 2. The third kappa shape index (κ3) is 6.68. The van der Waals surface area contributed by atoms with Crippen LogP contribution >= 0.6 is 11.6 Å². The quantitative estimate of drug-likeness (QED) is 0.415. The third-order valence-electron chi connectivity index (χ3n) is 5.27. The molecular formula is C24H25ClFN3O5S2.